The summed E-state index contributed by atoms with van der Waals surface area (Å²) in [5.74, 6) is 0. The molecule has 0 spiro atoms. The van der Waals surface area contributed by atoms with Crippen LogP contribution in [0.1, 0.15) is 0 Å². The first-order valence-electron chi connectivity index (χ1n) is 19.0. The highest BCUT2D eigenvalue weighted by Gasteiger charge is 2.19. The van der Waals surface area contributed by atoms with Gasteiger partial charge < -0.3 is 4.42 Å². The van der Waals surface area contributed by atoms with Crippen LogP contribution in [0.15, 0.2) is 199 Å². The summed E-state index contributed by atoms with van der Waals surface area (Å²) in [5, 5.41) is 17.2. The molecule has 0 aliphatic heterocycles. The minimum absolute atomic E-state index is 0.917. The van der Waals surface area contributed by atoms with Gasteiger partial charge in [0.2, 0.25) is 0 Å². The van der Waals surface area contributed by atoms with Crippen LogP contribution in [0.4, 0.5) is 0 Å². The van der Waals surface area contributed by atoms with Gasteiger partial charge in [0.1, 0.15) is 11.2 Å². The summed E-state index contributed by atoms with van der Waals surface area (Å²) in [5.41, 5.74) is 9.22. The number of fused-ring (bicyclic) bond motifs is 10. The van der Waals surface area contributed by atoms with E-state index in [-0.39, 0.29) is 0 Å². The molecule has 55 heavy (non-hydrogen) atoms. The normalized spacial score (nSPS) is 12.0. The molecule has 1 heteroatoms. The molecule has 0 saturated carbocycles. The Bertz CT molecular complexity index is 3490. The molecule has 1 nitrogen and oxygen atoms in total. The van der Waals surface area contributed by atoms with Crippen molar-refractivity contribution >= 4 is 86.6 Å². The molecule has 0 bridgehead atoms. The first kappa shape index (κ1) is 30.3. The van der Waals surface area contributed by atoms with Gasteiger partial charge in [-0.1, -0.05) is 158 Å². The lowest BCUT2D eigenvalue weighted by molar-refractivity contribution is 0.670. The second kappa shape index (κ2) is 11.6. The van der Waals surface area contributed by atoms with Crippen molar-refractivity contribution in [3.05, 3.63) is 194 Å². The van der Waals surface area contributed by atoms with E-state index in [1.54, 1.807) is 0 Å². The highest BCUT2D eigenvalue weighted by molar-refractivity contribution is 6.24. The second-order valence-corrected chi connectivity index (χ2v) is 14.8. The van der Waals surface area contributed by atoms with Gasteiger partial charge in [0, 0.05) is 10.8 Å². The van der Waals surface area contributed by atoms with Crippen molar-refractivity contribution in [3.63, 3.8) is 0 Å². The van der Waals surface area contributed by atoms with E-state index in [0.29, 0.717) is 0 Å². The first-order chi connectivity index (χ1) is 27.2. The molecule has 0 saturated heterocycles. The molecule has 0 amide bonds. The molecule has 1 heterocycles. The van der Waals surface area contributed by atoms with E-state index >= 15 is 0 Å². The Morgan fingerprint density at radius 3 is 1.27 bits per heavy atom. The van der Waals surface area contributed by atoms with Crippen molar-refractivity contribution in [2.45, 2.75) is 0 Å². The van der Waals surface area contributed by atoms with E-state index in [0.717, 1.165) is 16.6 Å². The van der Waals surface area contributed by atoms with E-state index in [2.05, 4.69) is 194 Å². The number of furan rings is 1. The Labute approximate surface area is 317 Å². The molecule has 0 N–H and O–H groups in total. The summed E-state index contributed by atoms with van der Waals surface area (Å²) < 4.78 is 6.61. The topological polar surface area (TPSA) is 13.1 Å². The van der Waals surface area contributed by atoms with Crippen LogP contribution in [0, 0.1) is 0 Å². The van der Waals surface area contributed by atoms with E-state index in [1.807, 2.05) is 0 Å². The Kier molecular flexibility index (Phi) is 6.40. The SMILES string of the molecule is c1ccc2cc(-c3c4ccccc4c(-c4ccc5cc(-c6cc7oc8cc9ccccc9cc8c7c7ccccc67)ccc5c4)c4ccccc34)ccc2c1. The lowest BCUT2D eigenvalue weighted by atomic mass is 9.85. The Hall–Kier alpha value is -7.22. The molecule has 0 atom stereocenters. The maximum Gasteiger partial charge on any atom is 0.136 e. The van der Waals surface area contributed by atoms with Crippen molar-refractivity contribution < 1.29 is 4.42 Å². The molecule has 11 aromatic carbocycles. The second-order valence-electron chi connectivity index (χ2n) is 14.8. The molecule has 0 aliphatic rings. The van der Waals surface area contributed by atoms with Crippen molar-refractivity contribution in [2.75, 3.05) is 0 Å². The fraction of sp³-hybridized carbons (Fsp3) is 0. The number of benzene rings is 11. The monoisotopic (exact) mass is 696 g/mol. The van der Waals surface area contributed by atoms with Gasteiger partial charge in [-0.15, -0.1) is 0 Å². The van der Waals surface area contributed by atoms with Gasteiger partial charge in [0.05, 0.1) is 0 Å². The first-order valence-corrected chi connectivity index (χ1v) is 19.0. The Morgan fingerprint density at radius 2 is 0.673 bits per heavy atom. The zero-order chi connectivity index (χ0) is 36.0. The van der Waals surface area contributed by atoms with Gasteiger partial charge in [-0.3, -0.25) is 0 Å². The van der Waals surface area contributed by atoms with Gasteiger partial charge in [-0.2, -0.15) is 0 Å². The van der Waals surface area contributed by atoms with Crippen LogP contribution in [0.5, 0.6) is 0 Å². The van der Waals surface area contributed by atoms with Crippen LogP contribution in [-0.4, -0.2) is 0 Å². The van der Waals surface area contributed by atoms with Crippen molar-refractivity contribution in [1.29, 1.82) is 0 Å². The predicted molar refractivity (Wildman–Crippen MR) is 235 cm³/mol. The number of rotatable bonds is 3. The molecule has 12 rings (SSSR count). The van der Waals surface area contributed by atoms with E-state index in [9.17, 15) is 0 Å². The molecule has 0 fully saturated rings. The third-order valence-electron chi connectivity index (χ3n) is 11.8. The third kappa shape index (κ3) is 4.60. The van der Waals surface area contributed by atoms with Crippen LogP contribution in [0.3, 0.4) is 0 Å². The van der Waals surface area contributed by atoms with Crippen LogP contribution in [0.2, 0.25) is 0 Å². The minimum atomic E-state index is 0.917. The fourth-order valence-electron chi connectivity index (χ4n) is 9.23. The van der Waals surface area contributed by atoms with Crippen molar-refractivity contribution in [1.82, 2.24) is 0 Å². The molecule has 0 radical (unpaired) electrons. The maximum atomic E-state index is 6.61. The molecule has 0 aliphatic carbocycles. The lowest BCUT2D eigenvalue weighted by Crippen LogP contribution is -1.91. The van der Waals surface area contributed by atoms with Gasteiger partial charge in [0.15, 0.2) is 0 Å². The fourth-order valence-corrected chi connectivity index (χ4v) is 9.23. The molecule has 12 aromatic rings. The van der Waals surface area contributed by atoms with Gasteiger partial charge in [-0.05, 0) is 134 Å². The summed E-state index contributed by atoms with van der Waals surface area (Å²) in [4.78, 5) is 0. The summed E-state index contributed by atoms with van der Waals surface area (Å²) in [7, 11) is 0. The van der Waals surface area contributed by atoms with Gasteiger partial charge >= 0.3 is 0 Å². The summed E-state index contributed by atoms with van der Waals surface area (Å²) >= 11 is 0. The largest absolute Gasteiger partial charge is 0.456 e. The summed E-state index contributed by atoms with van der Waals surface area (Å²) in [6.07, 6.45) is 0. The number of hydrogen-bond acceptors (Lipinski definition) is 1. The van der Waals surface area contributed by atoms with Gasteiger partial charge in [0.25, 0.3) is 0 Å². The predicted octanol–water partition coefficient (Wildman–Crippen LogP) is 15.5. The molecular weight excluding hydrogens is 665 g/mol. The van der Waals surface area contributed by atoms with E-state index in [4.69, 9.17) is 4.42 Å². The average molecular weight is 697 g/mol. The average Bonchev–Trinajstić information content (AvgIpc) is 3.61. The van der Waals surface area contributed by atoms with E-state index in [1.165, 1.54) is 103 Å². The quantitative estimate of drug-likeness (QED) is 0.168. The highest BCUT2D eigenvalue weighted by Crippen LogP contribution is 2.46. The summed E-state index contributed by atoms with van der Waals surface area (Å²) in [6.45, 7) is 0. The van der Waals surface area contributed by atoms with Crippen LogP contribution in [0.25, 0.3) is 120 Å². The number of hydrogen-bond donors (Lipinski definition) is 0. The molecule has 1 aromatic heterocycles. The molecule has 254 valence electrons. The Morgan fingerprint density at radius 1 is 0.255 bits per heavy atom. The van der Waals surface area contributed by atoms with Gasteiger partial charge in [-0.25, -0.2) is 0 Å². The smallest absolute Gasteiger partial charge is 0.136 e. The van der Waals surface area contributed by atoms with E-state index < -0.39 is 0 Å². The lowest BCUT2D eigenvalue weighted by Gasteiger charge is -2.18. The van der Waals surface area contributed by atoms with Crippen LogP contribution in [-0.2, 0) is 0 Å². The standard InChI is InChI=1S/C54H32O/c1-2-12-34-28-40(25-21-33(34)11-1)52-44-17-7-9-19-46(44)53(47-20-10-8-18-45(47)52)41-26-23-37-27-39(24-22-38(37)29-41)48-32-51-54(43-16-6-5-15-42(43)48)49-30-35-13-3-4-14-36(35)31-50(49)55-51/h1-32H. The zero-order valence-electron chi connectivity index (χ0n) is 29.9. The maximum absolute atomic E-state index is 6.61. The van der Waals surface area contributed by atoms with Crippen molar-refractivity contribution in [3.8, 4) is 33.4 Å². The highest BCUT2D eigenvalue weighted by atomic mass is 16.3. The minimum Gasteiger partial charge on any atom is -0.456 e. The zero-order valence-corrected chi connectivity index (χ0v) is 29.9. The third-order valence-corrected chi connectivity index (χ3v) is 11.8. The van der Waals surface area contributed by atoms with Crippen LogP contribution >= 0.6 is 0 Å². The Balaban J connectivity index is 1.03. The molecule has 0 unspecified atom stereocenters. The summed E-state index contributed by atoms with van der Waals surface area (Å²) in [6, 6.07) is 71.1. The van der Waals surface area contributed by atoms with Crippen LogP contribution < -0.4 is 0 Å². The molecular formula is C54H32O. The van der Waals surface area contributed by atoms with Crippen molar-refractivity contribution in [2.24, 2.45) is 0 Å².